The van der Waals surface area contributed by atoms with E-state index in [1.165, 1.54) is 0 Å². The molecule has 2 heterocycles. The molecular formula is C8H4F3LiN4O3. The Bertz CT molecular complexity index is 580. The van der Waals surface area contributed by atoms with Crippen molar-refractivity contribution < 1.29 is 46.4 Å². The third-order valence-corrected chi connectivity index (χ3v) is 1.82. The number of carboxylic acid groups (broad SMARTS) is 1. The van der Waals surface area contributed by atoms with E-state index >= 15 is 0 Å². The standard InChI is InChI=1S/C8H5F3N4O3.Li/c9-8(10,11)3-15-2-4(1-12-15)5-13-14-6(18-5)7(16)17;/h1-2H,3H2,(H,16,17);/q;+1/p-1. The molecular weight excluding hydrogens is 264 g/mol. The van der Waals surface area contributed by atoms with E-state index in [1.54, 1.807) is 0 Å². The first-order valence-electron chi connectivity index (χ1n) is 4.49. The van der Waals surface area contributed by atoms with Crippen LogP contribution in [-0.2, 0) is 6.54 Å². The van der Waals surface area contributed by atoms with E-state index in [4.69, 9.17) is 0 Å². The summed E-state index contributed by atoms with van der Waals surface area (Å²) in [6.45, 7) is -1.27. The number of hydrogen-bond donors (Lipinski definition) is 0. The Morgan fingerprint density at radius 2 is 2.11 bits per heavy atom. The molecule has 0 atom stereocenters. The minimum absolute atomic E-state index is 0. The van der Waals surface area contributed by atoms with Gasteiger partial charge in [0.15, 0.2) is 0 Å². The third-order valence-electron chi connectivity index (χ3n) is 1.82. The third kappa shape index (κ3) is 3.83. The SMILES string of the molecule is O=C([O-])c1nnc(-c2cnn(CC(F)(F)F)c2)o1.[Li+]. The van der Waals surface area contributed by atoms with E-state index < -0.39 is 24.6 Å². The van der Waals surface area contributed by atoms with Crippen LogP contribution in [-0.4, -0.2) is 32.1 Å². The molecule has 7 nitrogen and oxygen atoms in total. The number of rotatable bonds is 3. The van der Waals surface area contributed by atoms with E-state index in [-0.39, 0.29) is 30.3 Å². The van der Waals surface area contributed by atoms with Crippen LogP contribution in [0.1, 0.15) is 10.7 Å². The second-order valence-electron chi connectivity index (χ2n) is 3.24. The molecule has 0 saturated heterocycles. The van der Waals surface area contributed by atoms with Gasteiger partial charge in [-0.3, -0.25) is 4.68 Å². The molecule has 0 aliphatic rings. The molecule has 0 unspecified atom stereocenters. The van der Waals surface area contributed by atoms with Gasteiger partial charge in [0, 0.05) is 6.20 Å². The van der Waals surface area contributed by atoms with E-state index in [1.807, 2.05) is 0 Å². The van der Waals surface area contributed by atoms with Crippen LogP contribution in [0.5, 0.6) is 0 Å². The smallest absolute Gasteiger partial charge is 0.540 e. The van der Waals surface area contributed by atoms with Gasteiger partial charge in [-0.05, 0) is 0 Å². The minimum Gasteiger partial charge on any atom is -0.540 e. The van der Waals surface area contributed by atoms with Crippen LogP contribution in [0.2, 0.25) is 0 Å². The molecule has 0 bridgehead atoms. The number of alkyl halides is 3. The van der Waals surface area contributed by atoms with E-state index in [9.17, 15) is 23.1 Å². The van der Waals surface area contributed by atoms with Gasteiger partial charge < -0.3 is 14.3 Å². The molecule has 0 aliphatic heterocycles. The predicted molar refractivity (Wildman–Crippen MR) is 45.9 cm³/mol. The van der Waals surface area contributed by atoms with Crippen molar-refractivity contribution in [2.24, 2.45) is 0 Å². The van der Waals surface area contributed by atoms with Gasteiger partial charge in [-0.1, -0.05) is 0 Å². The van der Waals surface area contributed by atoms with Gasteiger partial charge in [-0.25, -0.2) is 0 Å². The molecule has 0 aromatic carbocycles. The fourth-order valence-corrected chi connectivity index (χ4v) is 1.17. The summed E-state index contributed by atoms with van der Waals surface area (Å²) in [4.78, 5) is 10.4. The summed E-state index contributed by atoms with van der Waals surface area (Å²) in [7, 11) is 0. The van der Waals surface area contributed by atoms with Crippen LogP contribution in [0.3, 0.4) is 0 Å². The summed E-state index contributed by atoms with van der Waals surface area (Å²) >= 11 is 0. The number of aromatic nitrogens is 4. The Kier molecular flexibility index (Phi) is 4.38. The van der Waals surface area contributed by atoms with Crippen LogP contribution in [0.15, 0.2) is 16.8 Å². The Labute approximate surface area is 115 Å². The molecule has 0 N–H and O–H groups in total. The number of halogens is 3. The molecule has 0 amide bonds. The van der Waals surface area contributed by atoms with Gasteiger partial charge in [-0.15, -0.1) is 10.2 Å². The average Bonchev–Trinajstić information content (AvgIpc) is 2.81. The fraction of sp³-hybridized carbons (Fsp3) is 0.250. The van der Waals surface area contributed by atoms with Crippen LogP contribution in [0, 0.1) is 0 Å². The Balaban J connectivity index is 0.00000180. The molecule has 2 rings (SSSR count). The van der Waals surface area contributed by atoms with Crippen molar-refractivity contribution in [1.29, 1.82) is 0 Å². The van der Waals surface area contributed by atoms with Crippen LogP contribution < -0.4 is 24.0 Å². The zero-order valence-electron chi connectivity index (χ0n) is 9.51. The summed E-state index contributed by atoms with van der Waals surface area (Å²) in [5, 5.41) is 20.3. The quantitative estimate of drug-likeness (QED) is 0.546. The number of hydrogen-bond acceptors (Lipinski definition) is 6. The zero-order valence-corrected chi connectivity index (χ0v) is 9.51. The normalized spacial score (nSPS) is 11.1. The number of carbonyl (C=O) groups is 1. The number of carboxylic acids is 1. The van der Waals surface area contributed by atoms with Crippen LogP contribution >= 0.6 is 0 Å². The zero-order chi connectivity index (χ0) is 13.3. The molecule has 19 heavy (non-hydrogen) atoms. The monoisotopic (exact) mass is 268 g/mol. The Morgan fingerprint density at radius 3 is 2.63 bits per heavy atom. The largest absolute Gasteiger partial charge is 1.00 e. The first kappa shape index (κ1) is 15.3. The molecule has 2 aromatic heterocycles. The summed E-state index contributed by atoms with van der Waals surface area (Å²) in [6, 6.07) is 0. The van der Waals surface area contributed by atoms with Crippen molar-refractivity contribution in [3.8, 4) is 11.5 Å². The Morgan fingerprint density at radius 1 is 1.42 bits per heavy atom. The van der Waals surface area contributed by atoms with Crippen molar-refractivity contribution in [2.75, 3.05) is 0 Å². The van der Waals surface area contributed by atoms with Gasteiger partial charge in [-0.2, -0.15) is 18.3 Å². The van der Waals surface area contributed by atoms with E-state index in [0.717, 1.165) is 12.4 Å². The molecule has 0 fully saturated rings. The topological polar surface area (TPSA) is 96.9 Å². The average molecular weight is 268 g/mol. The van der Waals surface area contributed by atoms with Crippen LogP contribution in [0.4, 0.5) is 13.2 Å². The van der Waals surface area contributed by atoms with Gasteiger partial charge in [0.1, 0.15) is 12.5 Å². The van der Waals surface area contributed by atoms with Gasteiger partial charge in [0.05, 0.1) is 11.8 Å². The molecule has 2 aromatic rings. The molecule has 0 radical (unpaired) electrons. The summed E-state index contributed by atoms with van der Waals surface area (Å²) in [5.74, 6) is -2.67. The number of carbonyl (C=O) groups excluding carboxylic acids is 1. The van der Waals surface area contributed by atoms with Crippen molar-refractivity contribution in [1.82, 2.24) is 20.0 Å². The van der Waals surface area contributed by atoms with E-state index in [2.05, 4.69) is 19.7 Å². The first-order valence-corrected chi connectivity index (χ1v) is 4.49. The number of aromatic carboxylic acids is 1. The molecule has 0 spiro atoms. The van der Waals surface area contributed by atoms with Crippen molar-refractivity contribution in [3.63, 3.8) is 0 Å². The van der Waals surface area contributed by atoms with E-state index in [0.29, 0.717) is 4.68 Å². The summed E-state index contributed by atoms with van der Waals surface area (Å²) < 4.78 is 41.5. The summed E-state index contributed by atoms with van der Waals surface area (Å²) in [6.07, 6.45) is -2.34. The van der Waals surface area contributed by atoms with Gasteiger partial charge in [0.2, 0.25) is 0 Å². The maximum Gasteiger partial charge on any atom is 1.00 e. The molecule has 96 valence electrons. The van der Waals surface area contributed by atoms with Crippen molar-refractivity contribution >= 4 is 5.97 Å². The Hall–Kier alpha value is -1.79. The maximum atomic E-state index is 12.1. The van der Waals surface area contributed by atoms with Crippen LogP contribution in [0.25, 0.3) is 11.5 Å². The molecule has 0 aliphatic carbocycles. The number of nitrogens with zero attached hydrogens (tertiary/aromatic N) is 4. The first-order chi connectivity index (χ1) is 8.35. The van der Waals surface area contributed by atoms with Crippen molar-refractivity contribution in [2.45, 2.75) is 12.7 Å². The van der Waals surface area contributed by atoms with Gasteiger partial charge in [0.25, 0.3) is 11.8 Å². The maximum absolute atomic E-state index is 12.1. The minimum atomic E-state index is -4.41. The fourth-order valence-electron chi connectivity index (χ4n) is 1.17. The molecule has 11 heteroatoms. The molecule has 0 saturated carbocycles. The van der Waals surface area contributed by atoms with Crippen molar-refractivity contribution in [3.05, 3.63) is 18.3 Å². The second-order valence-corrected chi connectivity index (χ2v) is 3.24. The predicted octanol–water partition coefficient (Wildman–Crippen LogP) is -3.14. The van der Waals surface area contributed by atoms with Gasteiger partial charge >= 0.3 is 25.0 Å². The summed E-state index contributed by atoms with van der Waals surface area (Å²) in [5.41, 5.74) is 0.0826. The second kappa shape index (κ2) is 5.46.